The highest BCUT2D eigenvalue weighted by atomic mass is 35.5. The fraction of sp³-hybridized carbons (Fsp3) is 0.471. The molecule has 1 heterocycles. The summed E-state index contributed by atoms with van der Waals surface area (Å²) >= 11 is 6.36. The average Bonchev–Trinajstić information content (AvgIpc) is 2.83. The van der Waals surface area contributed by atoms with Crippen molar-refractivity contribution in [1.29, 1.82) is 0 Å². The van der Waals surface area contributed by atoms with Crippen LogP contribution in [0.15, 0.2) is 18.2 Å². The third kappa shape index (κ3) is 3.62. The smallest absolute Gasteiger partial charge is 0.251 e. The molecule has 1 aromatic heterocycles. The Morgan fingerprint density at radius 1 is 1.41 bits per heavy atom. The predicted molar refractivity (Wildman–Crippen MR) is 90.2 cm³/mol. The summed E-state index contributed by atoms with van der Waals surface area (Å²) in [6.07, 6.45) is 1.03. The second-order valence-electron chi connectivity index (χ2n) is 6.31. The zero-order valence-electron chi connectivity index (χ0n) is 13.5. The first-order valence-electron chi connectivity index (χ1n) is 7.54. The number of carbonyl (C=O) groups excluding carboxylic acids is 1. The molecule has 0 saturated carbocycles. The van der Waals surface area contributed by atoms with Crippen molar-refractivity contribution in [3.63, 3.8) is 0 Å². The van der Waals surface area contributed by atoms with E-state index in [-0.39, 0.29) is 0 Å². The van der Waals surface area contributed by atoms with Gasteiger partial charge < -0.3 is 15.4 Å². The third-order valence-corrected chi connectivity index (χ3v) is 4.26. The van der Waals surface area contributed by atoms with Gasteiger partial charge in [0, 0.05) is 21.6 Å². The highest BCUT2D eigenvalue weighted by Crippen LogP contribution is 2.31. The highest BCUT2D eigenvalue weighted by Gasteiger charge is 2.23. The van der Waals surface area contributed by atoms with Gasteiger partial charge in [0.2, 0.25) is 0 Å². The largest absolute Gasteiger partial charge is 0.381 e. The van der Waals surface area contributed by atoms with E-state index in [2.05, 4.69) is 30.2 Å². The van der Waals surface area contributed by atoms with Gasteiger partial charge in [-0.1, -0.05) is 25.4 Å². The first-order chi connectivity index (χ1) is 10.2. The second kappa shape index (κ2) is 6.31. The van der Waals surface area contributed by atoms with Crippen LogP contribution in [0.25, 0.3) is 10.9 Å². The van der Waals surface area contributed by atoms with Crippen LogP contribution in [0, 0.1) is 0 Å². The minimum atomic E-state index is -1.38. The molecular weight excluding hydrogens is 300 g/mol. The van der Waals surface area contributed by atoms with E-state index >= 15 is 0 Å². The topological polar surface area (TPSA) is 65.1 Å². The van der Waals surface area contributed by atoms with Crippen molar-refractivity contribution in [3.8, 4) is 0 Å². The molecule has 2 aromatic rings. The molecule has 5 heteroatoms. The van der Waals surface area contributed by atoms with Crippen LogP contribution in [0.5, 0.6) is 0 Å². The number of aliphatic hydroxyl groups is 1. The van der Waals surface area contributed by atoms with Gasteiger partial charge in [0.05, 0.1) is 6.54 Å². The lowest BCUT2D eigenvalue weighted by Crippen LogP contribution is -2.41. The van der Waals surface area contributed by atoms with Crippen molar-refractivity contribution in [1.82, 2.24) is 10.3 Å². The first-order valence-corrected chi connectivity index (χ1v) is 7.92. The molecule has 0 saturated heterocycles. The molecule has 4 nitrogen and oxygen atoms in total. The molecule has 0 aliphatic heterocycles. The molecule has 0 fully saturated rings. The van der Waals surface area contributed by atoms with E-state index in [9.17, 15) is 9.90 Å². The van der Waals surface area contributed by atoms with Crippen molar-refractivity contribution < 1.29 is 9.90 Å². The number of hydrogen-bond donors (Lipinski definition) is 3. The summed E-state index contributed by atoms with van der Waals surface area (Å²) in [6, 6.07) is 6.00. The van der Waals surface area contributed by atoms with E-state index in [4.69, 9.17) is 11.6 Å². The quantitative estimate of drug-likeness (QED) is 0.785. The molecule has 0 spiro atoms. The third-order valence-electron chi connectivity index (χ3n) is 3.93. The summed E-state index contributed by atoms with van der Waals surface area (Å²) in [5.74, 6) is 0.00280. The van der Waals surface area contributed by atoms with Crippen molar-refractivity contribution in [2.24, 2.45) is 0 Å². The fourth-order valence-electron chi connectivity index (χ4n) is 2.31. The molecule has 1 unspecified atom stereocenters. The Morgan fingerprint density at radius 2 is 2.09 bits per heavy atom. The Balaban J connectivity index is 2.22. The summed E-state index contributed by atoms with van der Waals surface area (Å²) in [4.78, 5) is 15.0. The van der Waals surface area contributed by atoms with E-state index < -0.39 is 11.5 Å². The number of nitrogens with one attached hydrogen (secondary N) is 2. The van der Waals surface area contributed by atoms with Gasteiger partial charge in [-0.2, -0.15) is 0 Å². The van der Waals surface area contributed by atoms with Gasteiger partial charge in [0.1, 0.15) is 5.60 Å². The molecule has 120 valence electrons. The normalized spacial score (nSPS) is 13.4. The van der Waals surface area contributed by atoms with Crippen molar-refractivity contribution in [2.75, 3.05) is 0 Å². The van der Waals surface area contributed by atoms with Gasteiger partial charge in [-0.3, -0.25) is 4.79 Å². The minimum absolute atomic E-state index is 0.341. The Hall–Kier alpha value is -1.52. The summed E-state index contributed by atoms with van der Waals surface area (Å²) in [7, 11) is 0. The summed E-state index contributed by atoms with van der Waals surface area (Å²) in [5.41, 5.74) is 1.64. The maximum absolute atomic E-state index is 11.7. The Bertz CT molecular complexity index is 686. The van der Waals surface area contributed by atoms with Gasteiger partial charge in [-0.25, -0.2) is 0 Å². The molecule has 0 bridgehead atoms. The van der Waals surface area contributed by atoms with E-state index in [0.29, 0.717) is 12.5 Å². The van der Waals surface area contributed by atoms with Crippen LogP contribution in [0.4, 0.5) is 0 Å². The first kappa shape index (κ1) is 16.8. The Morgan fingerprint density at radius 3 is 2.68 bits per heavy atom. The highest BCUT2D eigenvalue weighted by molar-refractivity contribution is 6.32. The fourth-order valence-corrected chi connectivity index (χ4v) is 2.67. The lowest BCUT2D eigenvalue weighted by molar-refractivity contribution is -0.136. The van der Waals surface area contributed by atoms with Gasteiger partial charge in [-0.15, -0.1) is 0 Å². The zero-order chi connectivity index (χ0) is 16.5. The van der Waals surface area contributed by atoms with E-state index in [1.165, 1.54) is 13.8 Å². The number of amides is 1. The van der Waals surface area contributed by atoms with Crippen LogP contribution in [-0.4, -0.2) is 21.6 Å². The number of aromatic amines is 1. The second-order valence-corrected chi connectivity index (χ2v) is 6.71. The number of H-pyrrole nitrogens is 1. The van der Waals surface area contributed by atoms with Gasteiger partial charge >= 0.3 is 0 Å². The van der Waals surface area contributed by atoms with Crippen LogP contribution in [-0.2, 0) is 11.3 Å². The summed E-state index contributed by atoms with van der Waals surface area (Å²) < 4.78 is 0. The number of benzene rings is 1. The zero-order valence-corrected chi connectivity index (χ0v) is 14.2. The lowest BCUT2D eigenvalue weighted by Gasteiger charge is -2.15. The number of hydrogen-bond acceptors (Lipinski definition) is 2. The van der Waals surface area contributed by atoms with Crippen molar-refractivity contribution >= 4 is 28.4 Å². The molecule has 0 aliphatic carbocycles. The molecule has 0 aliphatic rings. The molecule has 3 N–H and O–H groups in total. The monoisotopic (exact) mass is 322 g/mol. The minimum Gasteiger partial charge on any atom is -0.381 e. The number of halogens is 1. The molecule has 1 atom stereocenters. The Labute approximate surface area is 135 Å². The lowest BCUT2D eigenvalue weighted by atomic mass is 9.98. The number of fused-ring (bicyclic) bond motifs is 1. The van der Waals surface area contributed by atoms with E-state index in [1.807, 2.05) is 12.1 Å². The summed E-state index contributed by atoms with van der Waals surface area (Å²) in [6.45, 7) is 7.56. The SMILES string of the molecule is CCC(C)c1cc2[nH]c(CNC(=O)C(C)(C)O)cc2cc1Cl. The van der Waals surface area contributed by atoms with Gasteiger partial charge in [-0.05, 0) is 49.9 Å². The Kier molecular flexibility index (Phi) is 4.83. The van der Waals surface area contributed by atoms with Crippen molar-refractivity contribution in [3.05, 3.63) is 34.5 Å². The number of carbonyl (C=O) groups is 1. The number of rotatable bonds is 5. The van der Waals surface area contributed by atoms with Crippen LogP contribution in [0.3, 0.4) is 0 Å². The number of aromatic nitrogens is 1. The molecule has 1 amide bonds. The maximum Gasteiger partial charge on any atom is 0.251 e. The van der Waals surface area contributed by atoms with Crippen molar-refractivity contribution in [2.45, 2.75) is 52.2 Å². The molecule has 22 heavy (non-hydrogen) atoms. The van der Waals surface area contributed by atoms with Crippen LogP contribution in [0.1, 0.15) is 51.3 Å². The summed E-state index contributed by atoms with van der Waals surface area (Å²) in [5, 5.41) is 14.1. The molecule has 1 aromatic carbocycles. The predicted octanol–water partition coefficient (Wildman–Crippen LogP) is 3.72. The van der Waals surface area contributed by atoms with E-state index in [1.54, 1.807) is 0 Å². The average molecular weight is 323 g/mol. The van der Waals surface area contributed by atoms with Gasteiger partial charge in [0.25, 0.3) is 5.91 Å². The molecule has 2 rings (SSSR count). The molecular formula is C17H23ClN2O2. The van der Waals surface area contributed by atoms with Crippen LogP contribution in [0.2, 0.25) is 5.02 Å². The van der Waals surface area contributed by atoms with Gasteiger partial charge in [0.15, 0.2) is 0 Å². The molecule has 0 radical (unpaired) electrons. The van der Waals surface area contributed by atoms with Crippen LogP contribution >= 0.6 is 11.6 Å². The standard InChI is InChI=1S/C17H23ClN2O2/c1-5-10(2)13-8-15-11(7-14(13)18)6-12(20-15)9-19-16(21)17(3,4)22/h6-8,10,20,22H,5,9H2,1-4H3,(H,19,21). The van der Waals surface area contributed by atoms with E-state index in [0.717, 1.165) is 33.6 Å². The maximum atomic E-state index is 11.7. The van der Waals surface area contributed by atoms with Crippen LogP contribution < -0.4 is 5.32 Å².